The molecule has 1 atom stereocenters. The summed E-state index contributed by atoms with van der Waals surface area (Å²) in [5, 5.41) is 0. The SMILES string of the molecule is COc1ccc(CC(N)C(F)F)nc1. The van der Waals surface area contributed by atoms with E-state index in [1.165, 1.54) is 13.3 Å². The van der Waals surface area contributed by atoms with Crippen LogP contribution in [0.2, 0.25) is 0 Å². The lowest BCUT2D eigenvalue weighted by Crippen LogP contribution is -2.31. The van der Waals surface area contributed by atoms with Crippen LogP contribution in [0.4, 0.5) is 8.78 Å². The summed E-state index contributed by atoms with van der Waals surface area (Å²) >= 11 is 0. The van der Waals surface area contributed by atoms with Gasteiger partial charge in [0, 0.05) is 12.1 Å². The van der Waals surface area contributed by atoms with E-state index in [1.807, 2.05) is 0 Å². The minimum absolute atomic E-state index is 0.0711. The van der Waals surface area contributed by atoms with Crippen LogP contribution in [0.5, 0.6) is 5.75 Å². The summed E-state index contributed by atoms with van der Waals surface area (Å²) in [5.74, 6) is 0.597. The maximum Gasteiger partial charge on any atom is 0.253 e. The van der Waals surface area contributed by atoms with Crippen molar-refractivity contribution in [1.29, 1.82) is 0 Å². The summed E-state index contributed by atoms with van der Waals surface area (Å²) in [5.41, 5.74) is 5.74. The summed E-state index contributed by atoms with van der Waals surface area (Å²) in [6.07, 6.45) is -0.964. The van der Waals surface area contributed by atoms with Crippen LogP contribution < -0.4 is 10.5 Å². The summed E-state index contributed by atoms with van der Waals surface area (Å²) < 4.78 is 29.0. The number of aromatic nitrogens is 1. The standard InChI is InChI=1S/C9H12F2N2O/c1-14-7-3-2-6(13-5-7)4-8(12)9(10)11/h2-3,5,8-9H,4,12H2,1H3. The third-order valence-electron chi connectivity index (χ3n) is 1.80. The van der Waals surface area contributed by atoms with Crippen molar-refractivity contribution in [2.75, 3.05) is 7.11 Å². The number of methoxy groups -OCH3 is 1. The highest BCUT2D eigenvalue weighted by atomic mass is 19.3. The number of pyridine rings is 1. The fraction of sp³-hybridized carbons (Fsp3) is 0.444. The Morgan fingerprint density at radius 1 is 1.50 bits per heavy atom. The van der Waals surface area contributed by atoms with Crippen molar-refractivity contribution < 1.29 is 13.5 Å². The fourth-order valence-corrected chi connectivity index (χ4v) is 0.983. The highest BCUT2D eigenvalue weighted by molar-refractivity contribution is 5.20. The average Bonchev–Trinajstić information content (AvgIpc) is 2.19. The molecule has 0 saturated carbocycles. The molecule has 0 aliphatic heterocycles. The van der Waals surface area contributed by atoms with Gasteiger partial charge >= 0.3 is 0 Å². The monoisotopic (exact) mass is 202 g/mol. The molecule has 1 rings (SSSR count). The maximum atomic E-state index is 12.1. The Bertz CT molecular complexity index is 277. The Morgan fingerprint density at radius 2 is 2.21 bits per heavy atom. The minimum Gasteiger partial charge on any atom is -0.495 e. The Balaban J connectivity index is 2.59. The second-order valence-electron chi connectivity index (χ2n) is 2.89. The predicted molar refractivity (Wildman–Crippen MR) is 48.5 cm³/mol. The zero-order valence-corrected chi connectivity index (χ0v) is 7.78. The molecule has 14 heavy (non-hydrogen) atoms. The molecule has 2 N–H and O–H groups in total. The first-order valence-electron chi connectivity index (χ1n) is 4.16. The number of halogens is 2. The van der Waals surface area contributed by atoms with Gasteiger partial charge in [-0.1, -0.05) is 0 Å². The minimum atomic E-state index is -2.51. The van der Waals surface area contributed by atoms with Crippen LogP contribution in [0.15, 0.2) is 18.3 Å². The van der Waals surface area contributed by atoms with Crippen molar-refractivity contribution in [3.63, 3.8) is 0 Å². The molecule has 0 saturated heterocycles. The molecule has 0 bridgehead atoms. The van der Waals surface area contributed by atoms with Gasteiger partial charge in [-0.15, -0.1) is 0 Å². The molecule has 5 heteroatoms. The van der Waals surface area contributed by atoms with Crippen molar-refractivity contribution in [2.45, 2.75) is 18.9 Å². The van der Waals surface area contributed by atoms with Gasteiger partial charge in [0.1, 0.15) is 5.75 Å². The van der Waals surface area contributed by atoms with Gasteiger partial charge in [0.15, 0.2) is 0 Å². The van der Waals surface area contributed by atoms with Crippen LogP contribution in [-0.2, 0) is 6.42 Å². The van der Waals surface area contributed by atoms with Crippen LogP contribution in [0.25, 0.3) is 0 Å². The van der Waals surface area contributed by atoms with Crippen molar-refractivity contribution in [1.82, 2.24) is 4.98 Å². The van der Waals surface area contributed by atoms with Crippen LogP contribution in [0.3, 0.4) is 0 Å². The van der Waals surface area contributed by atoms with E-state index in [1.54, 1.807) is 12.1 Å². The molecule has 3 nitrogen and oxygen atoms in total. The number of hydrogen-bond acceptors (Lipinski definition) is 3. The number of nitrogens with two attached hydrogens (primary N) is 1. The number of alkyl halides is 2. The first kappa shape index (κ1) is 10.8. The number of hydrogen-bond donors (Lipinski definition) is 1. The largest absolute Gasteiger partial charge is 0.495 e. The summed E-state index contributed by atoms with van der Waals surface area (Å²) in [6, 6.07) is 2.14. The van der Waals surface area contributed by atoms with Gasteiger partial charge in [-0.05, 0) is 12.1 Å². The van der Waals surface area contributed by atoms with Gasteiger partial charge in [0.05, 0.1) is 19.3 Å². The molecule has 1 heterocycles. The van der Waals surface area contributed by atoms with Gasteiger partial charge in [0.25, 0.3) is 6.43 Å². The van der Waals surface area contributed by atoms with Gasteiger partial charge < -0.3 is 10.5 Å². The fourth-order valence-electron chi connectivity index (χ4n) is 0.983. The van der Waals surface area contributed by atoms with E-state index in [2.05, 4.69) is 4.98 Å². The normalized spacial score (nSPS) is 12.9. The molecule has 0 spiro atoms. The Morgan fingerprint density at radius 3 is 2.64 bits per heavy atom. The molecule has 78 valence electrons. The van der Waals surface area contributed by atoms with E-state index in [0.717, 1.165) is 0 Å². The summed E-state index contributed by atoms with van der Waals surface area (Å²) in [6.45, 7) is 0. The zero-order valence-electron chi connectivity index (χ0n) is 7.78. The molecule has 0 radical (unpaired) electrons. The molecule has 0 fully saturated rings. The van der Waals surface area contributed by atoms with Crippen molar-refractivity contribution in [2.24, 2.45) is 5.73 Å². The van der Waals surface area contributed by atoms with E-state index in [0.29, 0.717) is 11.4 Å². The molecule has 0 amide bonds. The third kappa shape index (κ3) is 2.92. The third-order valence-corrected chi connectivity index (χ3v) is 1.80. The van der Waals surface area contributed by atoms with E-state index < -0.39 is 12.5 Å². The smallest absolute Gasteiger partial charge is 0.253 e. The quantitative estimate of drug-likeness (QED) is 0.798. The molecule has 0 aliphatic carbocycles. The second kappa shape index (κ2) is 4.85. The lowest BCUT2D eigenvalue weighted by molar-refractivity contribution is 0.115. The van der Waals surface area contributed by atoms with Gasteiger partial charge in [-0.3, -0.25) is 4.98 Å². The van der Waals surface area contributed by atoms with Gasteiger partial charge in [-0.2, -0.15) is 0 Å². The Labute approximate surface area is 80.9 Å². The first-order chi connectivity index (χ1) is 6.63. The lowest BCUT2D eigenvalue weighted by atomic mass is 10.1. The predicted octanol–water partition coefficient (Wildman–Crippen LogP) is 1.23. The van der Waals surface area contributed by atoms with E-state index in [4.69, 9.17) is 10.5 Å². The van der Waals surface area contributed by atoms with Crippen LogP contribution in [0.1, 0.15) is 5.69 Å². The molecule has 1 aromatic heterocycles. The van der Waals surface area contributed by atoms with Crippen molar-refractivity contribution in [3.05, 3.63) is 24.0 Å². The van der Waals surface area contributed by atoms with Crippen molar-refractivity contribution >= 4 is 0 Å². The maximum absolute atomic E-state index is 12.1. The first-order valence-corrected chi connectivity index (χ1v) is 4.16. The number of nitrogens with zero attached hydrogens (tertiary/aromatic N) is 1. The molecule has 1 unspecified atom stereocenters. The second-order valence-corrected chi connectivity index (χ2v) is 2.89. The van der Waals surface area contributed by atoms with Gasteiger partial charge in [0.2, 0.25) is 0 Å². The number of ether oxygens (including phenoxy) is 1. The Kier molecular flexibility index (Phi) is 3.76. The summed E-state index contributed by atoms with van der Waals surface area (Å²) in [4.78, 5) is 3.93. The lowest BCUT2D eigenvalue weighted by Gasteiger charge is -2.09. The highest BCUT2D eigenvalue weighted by Crippen LogP contribution is 2.10. The van der Waals surface area contributed by atoms with E-state index in [-0.39, 0.29) is 6.42 Å². The molecule has 0 aromatic carbocycles. The molecule has 0 aliphatic rings. The number of rotatable bonds is 4. The Hall–Kier alpha value is -1.23. The zero-order chi connectivity index (χ0) is 10.6. The van der Waals surface area contributed by atoms with Crippen molar-refractivity contribution in [3.8, 4) is 5.75 Å². The van der Waals surface area contributed by atoms with E-state index >= 15 is 0 Å². The molecule has 1 aromatic rings. The average molecular weight is 202 g/mol. The van der Waals surface area contributed by atoms with E-state index in [9.17, 15) is 8.78 Å². The van der Waals surface area contributed by atoms with Crippen LogP contribution in [-0.4, -0.2) is 24.6 Å². The van der Waals surface area contributed by atoms with Crippen LogP contribution in [0, 0.1) is 0 Å². The molecular weight excluding hydrogens is 190 g/mol. The topological polar surface area (TPSA) is 48.1 Å². The van der Waals surface area contributed by atoms with Crippen LogP contribution >= 0.6 is 0 Å². The molecular formula is C9H12F2N2O. The van der Waals surface area contributed by atoms with Gasteiger partial charge in [-0.25, -0.2) is 8.78 Å². The summed E-state index contributed by atoms with van der Waals surface area (Å²) in [7, 11) is 1.52. The highest BCUT2D eigenvalue weighted by Gasteiger charge is 2.15.